The Labute approximate surface area is 162 Å². The van der Waals surface area contributed by atoms with Gasteiger partial charge in [0.05, 0.1) is 18.2 Å². The van der Waals surface area contributed by atoms with E-state index in [1.54, 1.807) is 5.57 Å². The zero-order valence-corrected chi connectivity index (χ0v) is 16.7. The second kappa shape index (κ2) is 11.9. The maximum atomic E-state index is 8.82. The van der Waals surface area contributed by atoms with Crippen LogP contribution in [0.5, 0.6) is 0 Å². The molecule has 0 heterocycles. The Bertz CT molecular complexity index is 584. The number of benzene rings is 1. The Morgan fingerprint density at radius 3 is 2.62 bits per heavy atom. The SMILES string of the molecule is CCNC(=NCc1ccc(C#N)cc1)NCCC1=CCCCC1.I. The molecule has 0 atom stereocenters. The summed E-state index contributed by atoms with van der Waals surface area (Å²) in [6, 6.07) is 9.71. The van der Waals surface area contributed by atoms with Gasteiger partial charge in [0.15, 0.2) is 5.96 Å². The molecule has 0 spiro atoms. The number of halogens is 1. The average Bonchev–Trinajstić information content (AvgIpc) is 2.61. The van der Waals surface area contributed by atoms with Crippen molar-refractivity contribution < 1.29 is 0 Å². The summed E-state index contributed by atoms with van der Waals surface area (Å²) in [6.07, 6.45) is 8.65. The van der Waals surface area contributed by atoms with Gasteiger partial charge in [-0.2, -0.15) is 5.26 Å². The molecule has 0 radical (unpaired) electrons. The van der Waals surface area contributed by atoms with Gasteiger partial charge in [0.25, 0.3) is 0 Å². The van der Waals surface area contributed by atoms with Crippen molar-refractivity contribution in [3.05, 3.63) is 47.0 Å². The Morgan fingerprint density at radius 1 is 1.21 bits per heavy atom. The van der Waals surface area contributed by atoms with E-state index >= 15 is 0 Å². The smallest absolute Gasteiger partial charge is 0.191 e. The van der Waals surface area contributed by atoms with Gasteiger partial charge in [0, 0.05) is 13.1 Å². The molecule has 1 aromatic carbocycles. The molecule has 1 aliphatic rings. The summed E-state index contributed by atoms with van der Waals surface area (Å²) in [4.78, 5) is 4.61. The normalized spacial score (nSPS) is 14.2. The lowest BCUT2D eigenvalue weighted by molar-refractivity contribution is 0.665. The summed E-state index contributed by atoms with van der Waals surface area (Å²) in [7, 11) is 0. The van der Waals surface area contributed by atoms with Crippen LogP contribution in [0.25, 0.3) is 0 Å². The van der Waals surface area contributed by atoms with Gasteiger partial charge in [0.1, 0.15) is 0 Å². The summed E-state index contributed by atoms with van der Waals surface area (Å²) >= 11 is 0. The highest BCUT2D eigenvalue weighted by atomic mass is 127. The molecule has 0 bridgehead atoms. The molecule has 0 unspecified atom stereocenters. The molecule has 1 aromatic rings. The summed E-state index contributed by atoms with van der Waals surface area (Å²) in [5.41, 5.74) is 3.37. The molecule has 0 saturated heterocycles. The van der Waals surface area contributed by atoms with Crippen molar-refractivity contribution in [2.45, 2.75) is 45.6 Å². The largest absolute Gasteiger partial charge is 0.357 e. The van der Waals surface area contributed by atoms with Crippen molar-refractivity contribution in [3.63, 3.8) is 0 Å². The van der Waals surface area contributed by atoms with E-state index in [4.69, 9.17) is 5.26 Å². The molecule has 5 heteroatoms. The van der Waals surface area contributed by atoms with E-state index in [2.05, 4.69) is 34.7 Å². The van der Waals surface area contributed by atoms with Gasteiger partial charge in [-0.05, 0) is 56.7 Å². The maximum Gasteiger partial charge on any atom is 0.191 e. The first-order chi connectivity index (χ1) is 11.3. The average molecular weight is 438 g/mol. The van der Waals surface area contributed by atoms with Crippen LogP contribution in [0.15, 0.2) is 40.9 Å². The molecule has 4 nitrogen and oxygen atoms in total. The van der Waals surface area contributed by atoms with Gasteiger partial charge in [-0.3, -0.25) is 0 Å². The number of rotatable bonds is 6. The third-order valence-corrected chi connectivity index (χ3v) is 3.97. The zero-order chi connectivity index (χ0) is 16.3. The number of nitrogens with one attached hydrogen (secondary N) is 2. The lowest BCUT2D eigenvalue weighted by Crippen LogP contribution is -2.37. The predicted octanol–water partition coefficient (Wildman–Crippen LogP) is 4.12. The fourth-order valence-corrected chi connectivity index (χ4v) is 2.67. The van der Waals surface area contributed by atoms with E-state index in [1.165, 1.54) is 25.7 Å². The molecule has 0 amide bonds. The Hall–Kier alpha value is -1.55. The lowest BCUT2D eigenvalue weighted by Gasteiger charge is -2.15. The molecular formula is C19H27IN4. The van der Waals surface area contributed by atoms with Crippen LogP contribution in [-0.2, 0) is 6.54 Å². The number of aliphatic imine (C=N–C) groups is 1. The topological polar surface area (TPSA) is 60.2 Å². The van der Waals surface area contributed by atoms with Crippen LogP contribution in [0.2, 0.25) is 0 Å². The van der Waals surface area contributed by atoms with Gasteiger partial charge in [-0.15, -0.1) is 24.0 Å². The molecule has 0 saturated carbocycles. The van der Waals surface area contributed by atoms with Crippen LogP contribution in [0, 0.1) is 11.3 Å². The van der Waals surface area contributed by atoms with Crippen LogP contribution < -0.4 is 10.6 Å². The lowest BCUT2D eigenvalue weighted by atomic mass is 9.97. The predicted molar refractivity (Wildman–Crippen MR) is 111 cm³/mol. The second-order valence-corrected chi connectivity index (χ2v) is 5.79. The first kappa shape index (κ1) is 20.5. The van der Waals surface area contributed by atoms with Crippen LogP contribution in [0.1, 0.15) is 50.2 Å². The van der Waals surface area contributed by atoms with E-state index in [1.807, 2.05) is 24.3 Å². The second-order valence-electron chi connectivity index (χ2n) is 5.79. The molecule has 2 N–H and O–H groups in total. The summed E-state index contributed by atoms with van der Waals surface area (Å²) in [5.74, 6) is 0.855. The van der Waals surface area contributed by atoms with E-state index in [0.29, 0.717) is 12.1 Å². The molecular weight excluding hydrogens is 411 g/mol. The Morgan fingerprint density at radius 2 is 2.00 bits per heavy atom. The third-order valence-electron chi connectivity index (χ3n) is 3.97. The minimum absolute atomic E-state index is 0. The van der Waals surface area contributed by atoms with E-state index in [0.717, 1.165) is 31.0 Å². The van der Waals surface area contributed by atoms with Gasteiger partial charge in [-0.25, -0.2) is 4.99 Å². The van der Waals surface area contributed by atoms with Gasteiger partial charge < -0.3 is 10.6 Å². The molecule has 0 fully saturated rings. The number of hydrogen-bond acceptors (Lipinski definition) is 2. The highest BCUT2D eigenvalue weighted by Crippen LogP contribution is 2.19. The van der Waals surface area contributed by atoms with Crippen molar-refractivity contribution in [2.24, 2.45) is 4.99 Å². The van der Waals surface area contributed by atoms with Crippen molar-refractivity contribution in [2.75, 3.05) is 13.1 Å². The molecule has 1 aliphatic carbocycles. The highest BCUT2D eigenvalue weighted by Gasteiger charge is 2.04. The number of hydrogen-bond donors (Lipinski definition) is 2. The van der Waals surface area contributed by atoms with Crippen LogP contribution in [-0.4, -0.2) is 19.0 Å². The summed E-state index contributed by atoms with van der Waals surface area (Å²) in [5, 5.41) is 15.5. The Kier molecular flexibility index (Phi) is 10.2. The molecule has 2 rings (SSSR count). The number of guanidine groups is 1. The first-order valence-corrected chi connectivity index (χ1v) is 8.51. The highest BCUT2D eigenvalue weighted by molar-refractivity contribution is 14.0. The fraction of sp³-hybridized carbons (Fsp3) is 0.474. The number of nitrogens with zero attached hydrogens (tertiary/aromatic N) is 2. The van der Waals surface area contributed by atoms with E-state index in [-0.39, 0.29) is 24.0 Å². The number of nitriles is 1. The third kappa shape index (κ3) is 7.35. The Balaban J connectivity index is 0.00000288. The van der Waals surface area contributed by atoms with Crippen molar-refractivity contribution >= 4 is 29.9 Å². The van der Waals surface area contributed by atoms with Crippen molar-refractivity contribution in [3.8, 4) is 6.07 Å². The van der Waals surface area contributed by atoms with Gasteiger partial charge >= 0.3 is 0 Å². The standard InChI is InChI=1S/C19H26N4.HI/c1-2-21-19(22-13-12-16-6-4-3-5-7-16)23-15-18-10-8-17(14-20)9-11-18;/h6,8-11H,2-5,7,12-13,15H2,1H3,(H2,21,22,23);1H. The maximum absolute atomic E-state index is 8.82. The minimum atomic E-state index is 0. The first-order valence-electron chi connectivity index (χ1n) is 8.51. The van der Waals surface area contributed by atoms with Crippen molar-refractivity contribution in [1.29, 1.82) is 5.26 Å². The summed E-state index contributed by atoms with van der Waals surface area (Å²) < 4.78 is 0. The van der Waals surface area contributed by atoms with Crippen LogP contribution >= 0.6 is 24.0 Å². The molecule has 0 aliphatic heterocycles. The molecule has 0 aromatic heterocycles. The zero-order valence-electron chi connectivity index (χ0n) is 14.3. The van der Waals surface area contributed by atoms with Gasteiger partial charge in [0.2, 0.25) is 0 Å². The van der Waals surface area contributed by atoms with Crippen LogP contribution in [0.3, 0.4) is 0 Å². The van der Waals surface area contributed by atoms with E-state index < -0.39 is 0 Å². The molecule has 130 valence electrons. The van der Waals surface area contributed by atoms with E-state index in [9.17, 15) is 0 Å². The number of allylic oxidation sites excluding steroid dienone is 1. The minimum Gasteiger partial charge on any atom is -0.357 e. The quantitative estimate of drug-likeness (QED) is 0.304. The monoisotopic (exact) mass is 438 g/mol. The molecule has 24 heavy (non-hydrogen) atoms. The fourth-order valence-electron chi connectivity index (χ4n) is 2.67. The summed E-state index contributed by atoms with van der Waals surface area (Å²) in [6.45, 7) is 4.46. The van der Waals surface area contributed by atoms with Crippen molar-refractivity contribution in [1.82, 2.24) is 10.6 Å². The van der Waals surface area contributed by atoms with Gasteiger partial charge in [-0.1, -0.05) is 23.8 Å². The van der Waals surface area contributed by atoms with Crippen LogP contribution in [0.4, 0.5) is 0 Å².